The van der Waals surface area contributed by atoms with Crippen LogP contribution in [-0.4, -0.2) is 0 Å². The van der Waals surface area contributed by atoms with Gasteiger partial charge in [0, 0.05) is 30.0 Å². The highest BCUT2D eigenvalue weighted by Crippen LogP contribution is 2.33. The molecule has 3 nitrogen and oxygen atoms in total. The van der Waals surface area contributed by atoms with Gasteiger partial charge in [0.2, 0.25) is 0 Å². The van der Waals surface area contributed by atoms with Gasteiger partial charge in [-0.25, -0.2) is 4.39 Å². The smallest absolute Gasteiger partial charge is 0.123 e. The van der Waals surface area contributed by atoms with Gasteiger partial charge >= 0.3 is 0 Å². The van der Waals surface area contributed by atoms with Crippen LogP contribution >= 0.6 is 11.3 Å². The van der Waals surface area contributed by atoms with E-state index in [4.69, 9.17) is 11.5 Å². The van der Waals surface area contributed by atoms with Crippen LogP contribution in [0.5, 0.6) is 0 Å². The molecule has 5 N–H and O–H groups in total. The molecule has 3 rings (SSSR count). The summed E-state index contributed by atoms with van der Waals surface area (Å²) in [6.45, 7) is 1.29. The zero-order chi connectivity index (χ0) is 16.2. The molecular weight excluding hydrogens is 309 g/mol. The third kappa shape index (κ3) is 3.70. The number of benzene rings is 2. The van der Waals surface area contributed by atoms with E-state index in [0.717, 1.165) is 22.3 Å². The third-order valence-corrected chi connectivity index (χ3v) is 4.44. The van der Waals surface area contributed by atoms with E-state index < -0.39 is 0 Å². The van der Waals surface area contributed by atoms with Crippen molar-refractivity contribution in [3.8, 4) is 11.1 Å². The molecule has 5 heteroatoms. The first kappa shape index (κ1) is 15.5. The quantitative estimate of drug-likeness (QED) is 0.620. The molecule has 0 aliphatic carbocycles. The number of hydrogen-bond donors (Lipinski definition) is 3. The average molecular weight is 327 g/mol. The van der Waals surface area contributed by atoms with Gasteiger partial charge in [0.15, 0.2) is 0 Å². The predicted octanol–water partition coefficient (Wildman–Crippen LogP) is 4.01. The molecule has 0 saturated heterocycles. The lowest BCUT2D eigenvalue weighted by molar-refractivity contribution is 0.620. The van der Waals surface area contributed by atoms with E-state index in [1.54, 1.807) is 23.5 Å². The average Bonchev–Trinajstić information content (AvgIpc) is 2.98. The highest BCUT2D eigenvalue weighted by Gasteiger charge is 2.10. The lowest BCUT2D eigenvalue weighted by atomic mass is 10.0. The van der Waals surface area contributed by atoms with Gasteiger partial charge in [-0.05, 0) is 57.8 Å². The summed E-state index contributed by atoms with van der Waals surface area (Å²) in [4.78, 5) is 0. The first-order valence-electron chi connectivity index (χ1n) is 7.29. The van der Waals surface area contributed by atoms with Crippen LogP contribution in [0.2, 0.25) is 0 Å². The number of nitrogens with one attached hydrogen (secondary N) is 1. The van der Waals surface area contributed by atoms with Crippen molar-refractivity contribution in [1.82, 2.24) is 5.32 Å². The molecule has 0 atom stereocenters. The second kappa shape index (κ2) is 6.81. The van der Waals surface area contributed by atoms with Crippen LogP contribution in [0.1, 0.15) is 11.1 Å². The van der Waals surface area contributed by atoms with Crippen molar-refractivity contribution < 1.29 is 4.39 Å². The molecule has 0 radical (unpaired) electrons. The highest BCUT2D eigenvalue weighted by atomic mass is 32.1. The second-order valence-corrected chi connectivity index (χ2v) is 6.13. The molecule has 3 aromatic rings. The molecule has 0 saturated carbocycles. The monoisotopic (exact) mass is 327 g/mol. The summed E-state index contributed by atoms with van der Waals surface area (Å²) in [6.07, 6.45) is 0. The molecule has 0 spiro atoms. The largest absolute Gasteiger partial charge is 0.399 e. The van der Waals surface area contributed by atoms with E-state index in [1.165, 1.54) is 12.1 Å². The first-order valence-corrected chi connectivity index (χ1v) is 8.23. The van der Waals surface area contributed by atoms with Crippen molar-refractivity contribution in [3.05, 3.63) is 70.2 Å². The van der Waals surface area contributed by atoms with Gasteiger partial charge in [0.1, 0.15) is 5.82 Å². The van der Waals surface area contributed by atoms with Crippen molar-refractivity contribution >= 4 is 22.7 Å². The maximum atomic E-state index is 13.2. The Morgan fingerprint density at radius 1 is 0.957 bits per heavy atom. The van der Waals surface area contributed by atoms with E-state index in [2.05, 4.69) is 16.1 Å². The zero-order valence-corrected chi connectivity index (χ0v) is 13.4. The number of halogens is 1. The summed E-state index contributed by atoms with van der Waals surface area (Å²) in [6, 6.07) is 12.1. The van der Waals surface area contributed by atoms with Gasteiger partial charge < -0.3 is 16.8 Å². The predicted molar refractivity (Wildman–Crippen MR) is 95.5 cm³/mol. The Kier molecular flexibility index (Phi) is 4.60. The molecule has 0 aliphatic heterocycles. The number of thiophene rings is 1. The van der Waals surface area contributed by atoms with Crippen molar-refractivity contribution in [2.45, 2.75) is 13.1 Å². The molecule has 118 valence electrons. The first-order chi connectivity index (χ1) is 11.1. The normalized spacial score (nSPS) is 10.8. The molecule has 1 aromatic heterocycles. The number of anilines is 2. The fourth-order valence-corrected chi connectivity index (χ4v) is 3.35. The Labute approximate surface area is 138 Å². The fourth-order valence-electron chi connectivity index (χ4n) is 2.49. The van der Waals surface area contributed by atoms with Crippen LogP contribution in [0.15, 0.2) is 53.2 Å². The lowest BCUT2D eigenvalue weighted by Crippen LogP contribution is -2.13. The van der Waals surface area contributed by atoms with Crippen molar-refractivity contribution in [2.75, 3.05) is 11.5 Å². The lowest BCUT2D eigenvalue weighted by Gasteiger charge is -2.10. The van der Waals surface area contributed by atoms with Gasteiger partial charge in [-0.3, -0.25) is 0 Å². The van der Waals surface area contributed by atoms with E-state index in [0.29, 0.717) is 24.5 Å². The van der Waals surface area contributed by atoms with Crippen LogP contribution in [-0.2, 0) is 13.1 Å². The minimum atomic E-state index is -0.215. The number of nitrogens with two attached hydrogens (primary N) is 2. The Morgan fingerprint density at radius 3 is 2.65 bits per heavy atom. The Morgan fingerprint density at radius 2 is 1.83 bits per heavy atom. The molecule has 0 unspecified atom stereocenters. The second-order valence-electron chi connectivity index (χ2n) is 5.39. The minimum absolute atomic E-state index is 0.215. The van der Waals surface area contributed by atoms with E-state index in [9.17, 15) is 4.39 Å². The van der Waals surface area contributed by atoms with Crippen LogP contribution in [0.4, 0.5) is 15.8 Å². The van der Waals surface area contributed by atoms with Gasteiger partial charge in [-0.2, -0.15) is 11.3 Å². The Balaban J connectivity index is 1.73. The maximum absolute atomic E-state index is 13.2. The van der Waals surface area contributed by atoms with E-state index in [-0.39, 0.29) is 5.82 Å². The molecule has 0 aliphatic rings. The molecule has 1 heterocycles. The minimum Gasteiger partial charge on any atom is -0.399 e. The number of nitrogen functional groups attached to an aromatic ring is 2. The van der Waals surface area contributed by atoms with Gasteiger partial charge in [-0.15, -0.1) is 0 Å². The van der Waals surface area contributed by atoms with Crippen molar-refractivity contribution in [3.63, 3.8) is 0 Å². The fraction of sp³-hybridized carbons (Fsp3) is 0.111. The summed E-state index contributed by atoms with van der Waals surface area (Å²) in [5.74, 6) is -0.215. The summed E-state index contributed by atoms with van der Waals surface area (Å²) in [5.41, 5.74) is 17.5. The van der Waals surface area contributed by atoms with E-state index in [1.807, 2.05) is 18.2 Å². The summed E-state index contributed by atoms with van der Waals surface area (Å²) < 4.78 is 13.2. The van der Waals surface area contributed by atoms with Crippen molar-refractivity contribution in [2.24, 2.45) is 0 Å². The third-order valence-electron chi connectivity index (χ3n) is 3.64. The van der Waals surface area contributed by atoms with Crippen LogP contribution in [0.3, 0.4) is 0 Å². The van der Waals surface area contributed by atoms with Crippen molar-refractivity contribution in [1.29, 1.82) is 0 Å². The molecule has 0 amide bonds. The molecular formula is C18H18FN3S. The maximum Gasteiger partial charge on any atom is 0.123 e. The molecule has 23 heavy (non-hydrogen) atoms. The molecule has 0 bridgehead atoms. The SMILES string of the molecule is Nc1ccc(N)c(-c2cscc2CNCc2cccc(F)c2)c1. The van der Waals surface area contributed by atoms with Crippen LogP contribution in [0, 0.1) is 5.82 Å². The Bertz CT molecular complexity index is 814. The zero-order valence-electron chi connectivity index (χ0n) is 12.6. The summed E-state index contributed by atoms with van der Waals surface area (Å²) in [5, 5.41) is 7.51. The van der Waals surface area contributed by atoms with Gasteiger partial charge in [0.25, 0.3) is 0 Å². The number of hydrogen-bond acceptors (Lipinski definition) is 4. The van der Waals surface area contributed by atoms with Gasteiger partial charge in [-0.1, -0.05) is 12.1 Å². The molecule has 0 fully saturated rings. The number of rotatable bonds is 5. The topological polar surface area (TPSA) is 64.1 Å². The summed E-state index contributed by atoms with van der Waals surface area (Å²) in [7, 11) is 0. The summed E-state index contributed by atoms with van der Waals surface area (Å²) >= 11 is 1.63. The Hall–Kier alpha value is -2.37. The van der Waals surface area contributed by atoms with Crippen LogP contribution in [0.25, 0.3) is 11.1 Å². The van der Waals surface area contributed by atoms with E-state index >= 15 is 0 Å². The van der Waals surface area contributed by atoms with Gasteiger partial charge in [0.05, 0.1) is 0 Å². The van der Waals surface area contributed by atoms with Crippen LogP contribution < -0.4 is 16.8 Å². The highest BCUT2D eigenvalue weighted by molar-refractivity contribution is 7.08. The molecule has 2 aromatic carbocycles. The standard InChI is InChI=1S/C18H18FN3S/c19-14-3-1-2-12(6-14)8-22-9-13-10-23-11-17(13)16-7-15(20)4-5-18(16)21/h1-7,10-11,22H,8-9,20-21H2.